The molecule has 0 spiro atoms. The minimum atomic E-state index is -0.218. The van der Waals surface area contributed by atoms with Crippen molar-refractivity contribution in [3.8, 4) is 11.5 Å². The van der Waals surface area contributed by atoms with Gasteiger partial charge in [0.2, 0.25) is 0 Å². The highest BCUT2D eigenvalue weighted by Gasteiger charge is 2.09. The highest BCUT2D eigenvalue weighted by molar-refractivity contribution is 5.91. The van der Waals surface area contributed by atoms with Crippen molar-refractivity contribution >= 4 is 24.0 Å². The molecule has 1 heterocycles. The summed E-state index contributed by atoms with van der Waals surface area (Å²) in [6.07, 6.45) is 6.59. The standard InChI is InChI=1S/C23H28N4O3.ClH/c1-18-4-7-20(8-5-18)26-23(28)16-30-21-9-6-19(14-22(21)29-2)15-24-10-3-12-27-13-11-25-17-27;/h4-9,11,13-14,17,24H,3,10,12,15-16H2,1-2H3,(H,26,28);1H. The maximum Gasteiger partial charge on any atom is 0.262 e. The number of amides is 1. The average molecular weight is 445 g/mol. The molecule has 0 saturated carbocycles. The van der Waals surface area contributed by atoms with Gasteiger partial charge in [-0.2, -0.15) is 0 Å². The van der Waals surface area contributed by atoms with Crippen LogP contribution in [0, 0.1) is 6.92 Å². The SMILES string of the molecule is COc1cc(CNCCCn2ccnc2)ccc1OCC(=O)Nc1ccc(C)cc1.Cl. The van der Waals surface area contributed by atoms with E-state index in [2.05, 4.69) is 20.2 Å². The van der Waals surface area contributed by atoms with Gasteiger partial charge in [-0.1, -0.05) is 23.8 Å². The second-order valence-electron chi connectivity index (χ2n) is 7.02. The summed E-state index contributed by atoms with van der Waals surface area (Å²) in [5, 5.41) is 6.24. The smallest absolute Gasteiger partial charge is 0.262 e. The Kier molecular flexibility index (Phi) is 9.87. The molecule has 31 heavy (non-hydrogen) atoms. The van der Waals surface area contributed by atoms with Crippen molar-refractivity contribution in [3.63, 3.8) is 0 Å². The number of nitrogens with one attached hydrogen (secondary N) is 2. The highest BCUT2D eigenvalue weighted by Crippen LogP contribution is 2.28. The summed E-state index contributed by atoms with van der Waals surface area (Å²) in [5.74, 6) is 0.931. The summed E-state index contributed by atoms with van der Waals surface area (Å²) in [6.45, 7) is 4.48. The van der Waals surface area contributed by atoms with E-state index in [9.17, 15) is 4.79 Å². The number of nitrogens with zero attached hydrogens (tertiary/aromatic N) is 2. The number of imidazole rings is 1. The highest BCUT2D eigenvalue weighted by atomic mass is 35.5. The number of carbonyl (C=O) groups excluding carboxylic acids is 1. The molecule has 7 nitrogen and oxygen atoms in total. The maximum atomic E-state index is 12.1. The molecule has 3 aromatic rings. The van der Waals surface area contributed by atoms with Gasteiger partial charge in [-0.3, -0.25) is 4.79 Å². The number of methoxy groups -OCH3 is 1. The van der Waals surface area contributed by atoms with Crippen molar-refractivity contribution in [1.82, 2.24) is 14.9 Å². The molecule has 2 N–H and O–H groups in total. The predicted molar refractivity (Wildman–Crippen MR) is 124 cm³/mol. The van der Waals surface area contributed by atoms with Crippen LogP contribution in [-0.2, 0) is 17.9 Å². The van der Waals surface area contributed by atoms with E-state index in [1.165, 1.54) is 0 Å². The molecule has 0 unspecified atom stereocenters. The predicted octanol–water partition coefficient (Wildman–Crippen LogP) is 3.82. The number of aryl methyl sites for hydroxylation is 2. The van der Waals surface area contributed by atoms with Crippen LogP contribution in [0.3, 0.4) is 0 Å². The normalized spacial score (nSPS) is 10.3. The van der Waals surface area contributed by atoms with Gasteiger partial charge in [0.25, 0.3) is 5.91 Å². The Morgan fingerprint density at radius 1 is 1.13 bits per heavy atom. The third-order valence-electron chi connectivity index (χ3n) is 4.58. The Morgan fingerprint density at radius 3 is 2.65 bits per heavy atom. The first-order chi connectivity index (χ1) is 14.6. The summed E-state index contributed by atoms with van der Waals surface area (Å²) >= 11 is 0. The third-order valence-corrected chi connectivity index (χ3v) is 4.58. The summed E-state index contributed by atoms with van der Waals surface area (Å²) in [5.41, 5.74) is 2.98. The first-order valence-corrected chi connectivity index (χ1v) is 9.97. The molecule has 0 fully saturated rings. The Balaban J connectivity index is 0.00000341. The van der Waals surface area contributed by atoms with Gasteiger partial charge in [0.15, 0.2) is 18.1 Å². The second kappa shape index (κ2) is 12.6. The Hall–Kier alpha value is -3.03. The first-order valence-electron chi connectivity index (χ1n) is 9.97. The lowest BCUT2D eigenvalue weighted by Gasteiger charge is -2.13. The molecule has 8 heteroatoms. The first kappa shape index (κ1) is 24.2. The molecule has 0 radical (unpaired) electrons. The molecule has 0 atom stereocenters. The number of hydrogen-bond acceptors (Lipinski definition) is 5. The van der Waals surface area contributed by atoms with Crippen LogP contribution < -0.4 is 20.1 Å². The van der Waals surface area contributed by atoms with Crippen LogP contribution in [0.1, 0.15) is 17.5 Å². The minimum absolute atomic E-state index is 0. The summed E-state index contributed by atoms with van der Waals surface area (Å²) in [4.78, 5) is 16.2. The lowest BCUT2D eigenvalue weighted by molar-refractivity contribution is -0.118. The van der Waals surface area contributed by atoms with Gasteiger partial charge < -0.3 is 24.7 Å². The average Bonchev–Trinajstić information content (AvgIpc) is 3.27. The number of carbonyl (C=O) groups is 1. The van der Waals surface area contributed by atoms with Crippen LogP contribution in [0.5, 0.6) is 11.5 Å². The van der Waals surface area contributed by atoms with Gasteiger partial charge in [-0.05, 0) is 49.7 Å². The van der Waals surface area contributed by atoms with Crippen molar-refractivity contribution in [2.45, 2.75) is 26.4 Å². The van der Waals surface area contributed by atoms with Crippen LogP contribution in [-0.4, -0.2) is 35.7 Å². The summed E-state index contributed by atoms with van der Waals surface area (Å²) in [7, 11) is 1.59. The van der Waals surface area contributed by atoms with E-state index in [4.69, 9.17) is 9.47 Å². The topological polar surface area (TPSA) is 77.4 Å². The second-order valence-corrected chi connectivity index (χ2v) is 7.02. The van der Waals surface area contributed by atoms with Crippen molar-refractivity contribution in [3.05, 3.63) is 72.3 Å². The molecule has 2 aromatic carbocycles. The van der Waals surface area contributed by atoms with E-state index in [1.807, 2.05) is 61.9 Å². The van der Waals surface area contributed by atoms with Crippen LogP contribution in [0.15, 0.2) is 61.2 Å². The molecule has 0 saturated heterocycles. The largest absolute Gasteiger partial charge is 0.493 e. The number of halogens is 1. The van der Waals surface area contributed by atoms with Crippen molar-refractivity contribution in [1.29, 1.82) is 0 Å². The van der Waals surface area contributed by atoms with Crippen LogP contribution in [0.2, 0.25) is 0 Å². The molecule has 3 rings (SSSR count). The van der Waals surface area contributed by atoms with E-state index in [1.54, 1.807) is 13.3 Å². The molecule has 1 aromatic heterocycles. The molecule has 0 aliphatic carbocycles. The molecule has 0 aliphatic rings. The number of anilines is 1. The zero-order valence-corrected chi connectivity index (χ0v) is 18.7. The van der Waals surface area contributed by atoms with Gasteiger partial charge in [-0.15, -0.1) is 12.4 Å². The Labute approximate surface area is 189 Å². The lowest BCUT2D eigenvalue weighted by atomic mass is 10.2. The molecule has 1 amide bonds. The van der Waals surface area contributed by atoms with Crippen molar-refractivity contribution in [2.75, 3.05) is 25.6 Å². The van der Waals surface area contributed by atoms with Crippen molar-refractivity contribution < 1.29 is 14.3 Å². The number of rotatable bonds is 11. The van der Waals surface area contributed by atoms with Gasteiger partial charge in [0, 0.05) is 31.2 Å². The summed E-state index contributed by atoms with van der Waals surface area (Å²) < 4.78 is 13.2. The minimum Gasteiger partial charge on any atom is -0.493 e. The monoisotopic (exact) mass is 444 g/mol. The Morgan fingerprint density at radius 2 is 1.94 bits per heavy atom. The fourth-order valence-electron chi connectivity index (χ4n) is 2.96. The number of ether oxygens (including phenoxy) is 2. The fourth-order valence-corrected chi connectivity index (χ4v) is 2.96. The van der Waals surface area contributed by atoms with Gasteiger partial charge in [0.05, 0.1) is 13.4 Å². The molecule has 166 valence electrons. The van der Waals surface area contributed by atoms with E-state index < -0.39 is 0 Å². The van der Waals surface area contributed by atoms with E-state index in [-0.39, 0.29) is 24.9 Å². The van der Waals surface area contributed by atoms with Crippen LogP contribution in [0.4, 0.5) is 5.69 Å². The maximum absolute atomic E-state index is 12.1. The fraction of sp³-hybridized carbons (Fsp3) is 0.304. The molecular formula is C23H29ClN4O3. The number of hydrogen-bond donors (Lipinski definition) is 2. The number of aromatic nitrogens is 2. The molecule has 0 bridgehead atoms. The van der Waals surface area contributed by atoms with Gasteiger partial charge >= 0.3 is 0 Å². The zero-order valence-electron chi connectivity index (χ0n) is 17.8. The molecular weight excluding hydrogens is 416 g/mol. The quantitative estimate of drug-likeness (QED) is 0.439. The lowest BCUT2D eigenvalue weighted by Crippen LogP contribution is -2.20. The third kappa shape index (κ3) is 7.96. The zero-order chi connectivity index (χ0) is 21.2. The van der Waals surface area contributed by atoms with Crippen LogP contribution >= 0.6 is 12.4 Å². The van der Waals surface area contributed by atoms with Gasteiger partial charge in [-0.25, -0.2) is 4.98 Å². The van der Waals surface area contributed by atoms with Gasteiger partial charge in [0.1, 0.15) is 0 Å². The van der Waals surface area contributed by atoms with Crippen LogP contribution in [0.25, 0.3) is 0 Å². The summed E-state index contributed by atoms with van der Waals surface area (Å²) in [6, 6.07) is 13.4. The number of benzene rings is 2. The van der Waals surface area contributed by atoms with Crippen molar-refractivity contribution in [2.24, 2.45) is 0 Å². The Bertz CT molecular complexity index is 931. The van der Waals surface area contributed by atoms with E-state index in [0.29, 0.717) is 11.5 Å². The van der Waals surface area contributed by atoms with E-state index >= 15 is 0 Å². The van der Waals surface area contributed by atoms with E-state index in [0.717, 1.165) is 42.9 Å². The molecule has 0 aliphatic heterocycles.